The minimum absolute atomic E-state index is 0.161. The second-order valence-electron chi connectivity index (χ2n) is 8.28. The molecule has 1 fully saturated rings. The second-order valence-corrected chi connectivity index (χ2v) is 9.32. The van der Waals surface area contributed by atoms with Crippen LogP contribution in [-0.4, -0.2) is 64.1 Å². The SMILES string of the molecule is CC(=O)Cc1ccc(Sc2nc(Nc3cc(C)[nH]n3)c(C)c(N3CCN(C)CC3)n2)cc1. The Bertz CT molecular complexity index is 1090. The number of Topliss-reactive ketones (excluding diaryl/α,β-unsaturated/α-hetero) is 1. The molecule has 2 aromatic heterocycles. The van der Waals surface area contributed by atoms with Crippen LogP contribution in [0.3, 0.4) is 0 Å². The lowest BCUT2D eigenvalue weighted by atomic mass is 10.1. The molecule has 1 aliphatic rings. The van der Waals surface area contributed by atoms with Gasteiger partial charge in [-0.3, -0.25) is 9.89 Å². The molecular formula is C23H29N7OS. The summed E-state index contributed by atoms with van der Waals surface area (Å²) < 4.78 is 0. The van der Waals surface area contributed by atoms with Crippen molar-refractivity contribution in [3.05, 3.63) is 47.2 Å². The summed E-state index contributed by atoms with van der Waals surface area (Å²) in [5.41, 5.74) is 3.01. The fraction of sp³-hybridized carbons (Fsp3) is 0.391. The van der Waals surface area contributed by atoms with Crippen LogP contribution in [0, 0.1) is 13.8 Å². The van der Waals surface area contributed by atoms with Crippen LogP contribution in [0.1, 0.15) is 23.7 Å². The highest BCUT2D eigenvalue weighted by molar-refractivity contribution is 7.99. The third kappa shape index (κ3) is 5.46. The number of aromatic amines is 1. The maximum atomic E-state index is 11.4. The van der Waals surface area contributed by atoms with Crippen molar-refractivity contribution in [1.82, 2.24) is 25.1 Å². The van der Waals surface area contributed by atoms with Gasteiger partial charge in [0.15, 0.2) is 11.0 Å². The Morgan fingerprint density at radius 1 is 1.12 bits per heavy atom. The molecule has 0 atom stereocenters. The molecule has 0 spiro atoms. The van der Waals surface area contributed by atoms with Gasteiger partial charge < -0.3 is 15.1 Å². The van der Waals surface area contributed by atoms with Crippen LogP contribution in [-0.2, 0) is 11.2 Å². The van der Waals surface area contributed by atoms with E-state index in [0.29, 0.717) is 11.6 Å². The maximum absolute atomic E-state index is 11.4. The minimum atomic E-state index is 0.161. The fourth-order valence-corrected chi connectivity index (χ4v) is 4.40. The topological polar surface area (TPSA) is 90.0 Å². The quantitative estimate of drug-likeness (QED) is 0.527. The molecule has 3 aromatic rings. The van der Waals surface area contributed by atoms with E-state index in [1.54, 1.807) is 6.92 Å². The molecule has 8 nitrogen and oxygen atoms in total. The van der Waals surface area contributed by atoms with Crippen LogP contribution in [0.15, 0.2) is 40.4 Å². The number of piperazine rings is 1. The number of hydrogen-bond acceptors (Lipinski definition) is 8. The number of aryl methyl sites for hydroxylation is 1. The first kappa shape index (κ1) is 22.3. The number of hydrogen-bond donors (Lipinski definition) is 2. The van der Waals surface area contributed by atoms with Crippen LogP contribution >= 0.6 is 11.8 Å². The number of nitrogens with one attached hydrogen (secondary N) is 2. The number of carbonyl (C=O) groups excluding carboxylic acids is 1. The summed E-state index contributed by atoms with van der Waals surface area (Å²) in [6, 6.07) is 9.98. The average Bonchev–Trinajstić information content (AvgIpc) is 3.16. The zero-order chi connectivity index (χ0) is 22.7. The van der Waals surface area contributed by atoms with E-state index in [-0.39, 0.29) is 5.78 Å². The molecule has 0 saturated carbocycles. The van der Waals surface area contributed by atoms with E-state index >= 15 is 0 Å². The highest BCUT2D eigenvalue weighted by atomic mass is 32.2. The second kappa shape index (κ2) is 9.70. The van der Waals surface area contributed by atoms with Crippen molar-refractivity contribution in [2.75, 3.05) is 43.4 Å². The molecule has 0 radical (unpaired) electrons. The van der Waals surface area contributed by atoms with E-state index in [2.05, 4.69) is 39.3 Å². The molecule has 4 rings (SSSR count). The van der Waals surface area contributed by atoms with E-state index in [1.165, 1.54) is 11.8 Å². The monoisotopic (exact) mass is 451 g/mol. The van der Waals surface area contributed by atoms with Gasteiger partial charge in [-0.2, -0.15) is 5.10 Å². The highest BCUT2D eigenvalue weighted by Gasteiger charge is 2.21. The summed E-state index contributed by atoms with van der Waals surface area (Å²) in [4.78, 5) is 26.8. The van der Waals surface area contributed by atoms with Gasteiger partial charge in [-0.25, -0.2) is 9.97 Å². The van der Waals surface area contributed by atoms with Crippen LogP contribution in [0.25, 0.3) is 0 Å². The van der Waals surface area contributed by atoms with Crippen molar-refractivity contribution in [2.24, 2.45) is 0 Å². The van der Waals surface area contributed by atoms with E-state index in [0.717, 1.165) is 65.3 Å². The van der Waals surface area contributed by atoms with Crippen molar-refractivity contribution < 1.29 is 4.79 Å². The Morgan fingerprint density at radius 2 is 1.84 bits per heavy atom. The number of H-pyrrole nitrogens is 1. The number of benzene rings is 1. The third-order valence-electron chi connectivity index (χ3n) is 5.44. The molecule has 32 heavy (non-hydrogen) atoms. The third-order valence-corrected chi connectivity index (χ3v) is 6.31. The van der Waals surface area contributed by atoms with Crippen LogP contribution in [0.4, 0.5) is 17.5 Å². The molecule has 9 heteroatoms. The summed E-state index contributed by atoms with van der Waals surface area (Å²) in [6.45, 7) is 9.50. The van der Waals surface area contributed by atoms with E-state index in [4.69, 9.17) is 9.97 Å². The largest absolute Gasteiger partial charge is 0.354 e. The molecule has 0 unspecified atom stereocenters. The predicted molar refractivity (Wildman–Crippen MR) is 128 cm³/mol. The molecule has 168 valence electrons. The van der Waals surface area contributed by atoms with Gasteiger partial charge in [0.25, 0.3) is 0 Å². The maximum Gasteiger partial charge on any atom is 0.196 e. The van der Waals surface area contributed by atoms with Crippen LogP contribution in [0.5, 0.6) is 0 Å². The average molecular weight is 452 g/mol. The Kier molecular flexibility index (Phi) is 6.76. The van der Waals surface area contributed by atoms with Gasteiger partial charge in [0.05, 0.1) is 0 Å². The van der Waals surface area contributed by atoms with Crippen molar-refractivity contribution in [2.45, 2.75) is 37.2 Å². The Hall–Kier alpha value is -2.91. The van der Waals surface area contributed by atoms with Crippen molar-refractivity contribution in [3.63, 3.8) is 0 Å². The Morgan fingerprint density at radius 3 is 2.47 bits per heavy atom. The standard InChI is InChI=1S/C23H29N7OS/c1-15-13-20(28-27-15)24-21-17(3)22(30-11-9-29(4)10-12-30)26-23(25-21)32-19-7-5-18(6-8-19)14-16(2)31/h5-8,13H,9-12,14H2,1-4H3,(H2,24,25,26,27,28). The van der Waals surface area contributed by atoms with Crippen molar-refractivity contribution in [3.8, 4) is 0 Å². The van der Waals surface area contributed by atoms with Gasteiger partial charge in [0, 0.05) is 54.8 Å². The summed E-state index contributed by atoms with van der Waals surface area (Å²) in [7, 11) is 2.15. The minimum Gasteiger partial charge on any atom is -0.354 e. The lowest BCUT2D eigenvalue weighted by Crippen LogP contribution is -2.45. The molecule has 0 aliphatic carbocycles. The Labute approximate surface area is 192 Å². The predicted octanol–water partition coefficient (Wildman–Crippen LogP) is 3.59. The summed E-state index contributed by atoms with van der Waals surface area (Å²) in [5, 5.41) is 11.3. The Balaban J connectivity index is 1.63. The number of ketones is 1. The van der Waals surface area contributed by atoms with Crippen molar-refractivity contribution in [1.29, 1.82) is 0 Å². The number of likely N-dealkylation sites (N-methyl/N-ethyl adjacent to an activating group) is 1. The molecule has 1 aromatic carbocycles. The zero-order valence-electron chi connectivity index (χ0n) is 19.0. The van der Waals surface area contributed by atoms with Crippen LogP contribution < -0.4 is 10.2 Å². The van der Waals surface area contributed by atoms with Gasteiger partial charge in [0.2, 0.25) is 0 Å². The molecule has 2 N–H and O–H groups in total. The van der Waals surface area contributed by atoms with Gasteiger partial charge in [-0.1, -0.05) is 12.1 Å². The van der Waals surface area contributed by atoms with Gasteiger partial charge in [-0.15, -0.1) is 0 Å². The molecule has 0 bridgehead atoms. The number of carbonyl (C=O) groups is 1. The number of aromatic nitrogens is 4. The first-order chi connectivity index (χ1) is 15.4. The van der Waals surface area contributed by atoms with Gasteiger partial charge >= 0.3 is 0 Å². The smallest absolute Gasteiger partial charge is 0.196 e. The number of anilines is 3. The van der Waals surface area contributed by atoms with Crippen molar-refractivity contribution >= 4 is 35.0 Å². The van der Waals surface area contributed by atoms with E-state index < -0.39 is 0 Å². The zero-order valence-corrected chi connectivity index (χ0v) is 19.8. The summed E-state index contributed by atoms with van der Waals surface area (Å²) in [6.07, 6.45) is 0.455. The normalized spacial score (nSPS) is 14.6. The van der Waals surface area contributed by atoms with E-state index in [1.807, 2.05) is 37.3 Å². The van der Waals surface area contributed by atoms with E-state index in [9.17, 15) is 4.79 Å². The number of rotatable bonds is 7. The molecule has 0 amide bonds. The summed E-state index contributed by atoms with van der Waals surface area (Å²) >= 11 is 1.52. The molecule has 3 heterocycles. The number of nitrogens with zero attached hydrogens (tertiary/aromatic N) is 5. The molecular weight excluding hydrogens is 422 g/mol. The molecule has 1 aliphatic heterocycles. The first-order valence-electron chi connectivity index (χ1n) is 10.7. The van der Waals surface area contributed by atoms with Gasteiger partial charge in [0.1, 0.15) is 17.4 Å². The van der Waals surface area contributed by atoms with Crippen LogP contribution in [0.2, 0.25) is 0 Å². The van der Waals surface area contributed by atoms with Gasteiger partial charge in [-0.05, 0) is 57.3 Å². The molecule has 1 saturated heterocycles. The first-order valence-corrected chi connectivity index (χ1v) is 11.6. The fourth-order valence-electron chi connectivity index (χ4n) is 3.65. The lowest BCUT2D eigenvalue weighted by Gasteiger charge is -2.34. The summed E-state index contributed by atoms with van der Waals surface area (Å²) in [5.74, 6) is 2.61. The highest BCUT2D eigenvalue weighted by Crippen LogP contribution is 2.32. The lowest BCUT2D eigenvalue weighted by molar-refractivity contribution is -0.116.